The summed E-state index contributed by atoms with van der Waals surface area (Å²) >= 11 is 0. The van der Waals surface area contributed by atoms with Gasteiger partial charge in [0.25, 0.3) is 0 Å². The number of rotatable bonds is 2. The summed E-state index contributed by atoms with van der Waals surface area (Å²) in [6.07, 6.45) is 3.40. The van der Waals surface area contributed by atoms with Crippen molar-refractivity contribution in [2.75, 3.05) is 0 Å². The van der Waals surface area contributed by atoms with Crippen LogP contribution in [0.25, 0.3) is 5.69 Å². The highest BCUT2D eigenvalue weighted by Crippen LogP contribution is 2.18. The number of nitrogens with two attached hydrogens (primary N) is 1. The van der Waals surface area contributed by atoms with Crippen molar-refractivity contribution in [1.29, 1.82) is 5.26 Å². The van der Waals surface area contributed by atoms with Crippen molar-refractivity contribution in [3.05, 3.63) is 48.0 Å². The van der Waals surface area contributed by atoms with Crippen molar-refractivity contribution in [2.45, 2.75) is 13.0 Å². The quantitative estimate of drug-likeness (QED) is 0.824. The summed E-state index contributed by atoms with van der Waals surface area (Å²) < 4.78 is 1.85. The Bertz CT molecular complexity index is 534. The van der Waals surface area contributed by atoms with Gasteiger partial charge in [-0.15, -0.1) is 0 Å². The first-order valence-electron chi connectivity index (χ1n) is 5.01. The van der Waals surface area contributed by atoms with E-state index < -0.39 is 0 Å². The van der Waals surface area contributed by atoms with Gasteiger partial charge in [-0.05, 0) is 19.1 Å². The topological polar surface area (TPSA) is 67.6 Å². The molecule has 2 aromatic rings. The Balaban J connectivity index is 2.60. The minimum Gasteiger partial charge on any atom is -0.323 e. The summed E-state index contributed by atoms with van der Waals surface area (Å²) in [6.45, 7) is 1.89. The number of aromatic nitrogens is 2. The molecule has 0 spiro atoms. The molecule has 0 unspecified atom stereocenters. The maximum atomic E-state index is 9.03. The number of hydrogen-bond donors (Lipinski definition) is 1. The smallest absolute Gasteiger partial charge is 0.101 e. The molecule has 80 valence electrons. The SMILES string of the molecule is C[C@H](N)c1cncn1-c1ccccc1C#N. The molecule has 4 nitrogen and oxygen atoms in total. The van der Waals surface area contributed by atoms with Crippen LogP contribution in [0.5, 0.6) is 0 Å². The standard InChI is InChI=1S/C12H12N4/c1-9(14)12-7-15-8-16(12)11-5-3-2-4-10(11)6-13/h2-5,7-9H,14H2,1H3/t9-/m0/s1. The van der Waals surface area contributed by atoms with Gasteiger partial charge in [-0.25, -0.2) is 4.98 Å². The molecule has 1 atom stereocenters. The average molecular weight is 212 g/mol. The van der Waals surface area contributed by atoms with E-state index in [0.717, 1.165) is 11.4 Å². The van der Waals surface area contributed by atoms with E-state index in [4.69, 9.17) is 11.0 Å². The number of nitrogens with zero attached hydrogens (tertiary/aromatic N) is 3. The second-order valence-corrected chi connectivity index (χ2v) is 3.61. The van der Waals surface area contributed by atoms with Crippen LogP contribution in [0.1, 0.15) is 24.2 Å². The molecule has 1 heterocycles. The molecule has 4 heteroatoms. The fraction of sp³-hybridized carbons (Fsp3) is 0.167. The fourth-order valence-electron chi connectivity index (χ4n) is 1.62. The van der Waals surface area contributed by atoms with Gasteiger partial charge in [-0.2, -0.15) is 5.26 Å². The van der Waals surface area contributed by atoms with E-state index in [2.05, 4.69) is 11.1 Å². The van der Waals surface area contributed by atoms with E-state index in [0.29, 0.717) is 5.56 Å². The lowest BCUT2D eigenvalue weighted by molar-refractivity contribution is 0.752. The summed E-state index contributed by atoms with van der Waals surface area (Å²) in [7, 11) is 0. The van der Waals surface area contributed by atoms with Gasteiger partial charge in [0.1, 0.15) is 6.07 Å². The average Bonchev–Trinajstić information content (AvgIpc) is 2.77. The first-order valence-corrected chi connectivity index (χ1v) is 5.01. The first kappa shape index (κ1) is 10.4. The normalized spacial score (nSPS) is 12.1. The van der Waals surface area contributed by atoms with E-state index in [1.54, 1.807) is 18.6 Å². The molecule has 0 saturated carbocycles. The third-order valence-corrected chi connectivity index (χ3v) is 2.42. The molecule has 0 aliphatic rings. The molecular formula is C12H12N4. The Morgan fingerprint density at radius 3 is 2.88 bits per heavy atom. The lowest BCUT2D eigenvalue weighted by Gasteiger charge is -2.11. The first-order chi connectivity index (χ1) is 7.74. The van der Waals surface area contributed by atoms with Crippen molar-refractivity contribution in [3.63, 3.8) is 0 Å². The van der Waals surface area contributed by atoms with Crippen molar-refractivity contribution in [2.24, 2.45) is 5.73 Å². The third kappa shape index (κ3) is 1.69. The van der Waals surface area contributed by atoms with Gasteiger partial charge in [0.2, 0.25) is 0 Å². The molecule has 0 radical (unpaired) electrons. The van der Waals surface area contributed by atoms with Crippen LogP contribution < -0.4 is 5.73 Å². The second kappa shape index (κ2) is 4.17. The molecule has 0 fully saturated rings. The summed E-state index contributed by atoms with van der Waals surface area (Å²) in [4.78, 5) is 4.07. The van der Waals surface area contributed by atoms with Crippen LogP contribution in [-0.4, -0.2) is 9.55 Å². The largest absolute Gasteiger partial charge is 0.323 e. The Hall–Kier alpha value is -2.12. The predicted octanol–water partition coefficient (Wildman–Crippen LogP) is 1.76. The lowest BCUT2D eigenvalue weighted by Crippen LogP contribution is -2.11. The van der Waals surface area contributed by atoms with Crippen molar-refractivity contribution < 1.29 is 0 Å². The van der Waals surface area contributed by atoms with Crippen LogP contribution >= 0.6 is 0 Å². The minimum absolute atomic E-state index is 0.116. The zero-order chi connectivity index (χ0) is 11.5. The highest BCUT2D eigenvalue weighted by molar-refractivity contribution is 5.49. The van der Waals surface area contributed by atoms with E-state index in [1.165, 1.54) is 0 Å². The summed E-state index contributed by atoms with van der Waals surface area (Å²) in [5.74, 6) is 0. The number of benzene rings is 1. The van der Waals surface area contributed by atoms with Crippen LogP contribution in [0.15, 0.2) is 36.8 Å². The maximum Gasteiger partial charge on any atom is 0.101 e. The van der Waals surface area contributed by atoms with E-state index in [1.807, 2.05) is 29.7 Å². The van der Waals surface area contributed by atoms with Crippen molar-refractivity contribution in [1.82, 2.24) is 9.55 Å². The minimum atomic E-state index is -0.116. The van der Waals surface area contributed by atoms with Gasteiger partial charge in [-0.1, -0.05) is 12.1 Å². The zero-order valence-electron chi connectivity index (χ0n) is 8.96. The molecule has 16 heavy (non-hydrogen) atoms. The Morgan fingerprint density at radius 2 is 2.19 bits per heavy atom. The molecule has 2 rings (SSSR count). The van der Waals surface area contributed by atoms with Gasteiger partial charge < -0.3 is 10.3 Å². The highest BCUT2D eigenvalue weighted by atomic mass is 15.1. The van der Waals surface area contributed by atoms with Crippen LogP contribution in [-0.2, 0) is 0 Å². The van der Waals surface area contributed by atoms with Crippen LogP contribution in [0, 0.1) is 11.3 Å². The van der Waals surface area contributed by atoms with Crippen LogP contribution in [0.3, 0.4) is 0 Å². The molecular weight excluding hydrogens is 200 g/mol. The van der Waals surface area contributed by atoms with E-state index in [9.17, 15) is 0 Å². The van der Waals surface area contributed by atoms with Gasteiger partial charge in [0, 0.05) is 6.04 Å². The monoisotopic (exact) mass is 212 g/mol. The Kier molecular flexibility index (Phi) is 2.71. The molecule has 2 N–H and O–H groups in total. The molecule has 0 amide bonds. The molecule has 0 aliphatic heterocycles. The molecule has 1 aromatic heterocycles. The third-order valence-electron chi connectivity index (χ3n) is 2.42. The number of nitriles is 1. The molecule has 0 bridgehead atoms. The number of para-hydroxylation sites is 1. The number of imidazole rings is 1. The van der Waals surface area contributed by atoms with E-state index in [-0.39, 0.29) is 6.04 Å². The zero-order valence-corrected chi connectivity index (χ0v) is 8.96. The molecule has 1 aromatic carbocycles. The maximum absolute atomic E-state index is 9.03. The van der Waals surface area contributed by atoms with Crippen molar-refractivity contribution in [3.8, 4) is 11.8 Å². The van der Waals surface area contributed by atoms with Gasteiger partial charge in [0.05, 0.1) is 29.5 Å². The van der Waals surface area contributed by atoms with Crippen molar-refractivity contribution >= 4 is 0 Å². The lowest BCUT2D eigenvalue weighted by atomic mass is 10.2. The Labute approximate surface area is 94.0 Å². The van der Waals surface area contributed by atoms with E-state index >= 15 is 0 Å². The number of hydrogen-bond acceptors (Lipinski definition) is 3. The Morgan fingerprint density at radius 1 is 1.44 bits per heavy atom. The van der Waals surface area contributed by atoms with Gasteiger partial charge in [0.15, 0.2) is 0 Å². The van der Waals surface area contributed by atoms with Gasteiger partial charge in [-0.3, -0.25) is 0 Å². The molecule has 0 aliphatic carbocycles. The predicted molar refractivity (Wildman–Crippen MR) is 60.9 cm³/mol. The second-order valence-electron chi connectivity index (χ2n) is 3.61. The fourth-order valence-corrected chi connectivity index (χ4v) is 1.62. The summed E-state index contributed by atoms with van der Waals surface area (Å²) in [6, 6.07) is 9.43. The summed E-state index contributed by atoms with van der Waals surface area (Å²) in [5, 5.41) is 9.03. The van der Waals surface area contributed by atoms with Crippen LogP contribution in [0.4, 0.5) is 0 Å². The van der Waals surface area contributed by atoms with Crippen LogP contribution in [0.2, 0.25) is 0 Å². The summed E-state index contributed by atoms with van der Waals surface area (Å²) in [5.41, 5.74) is 8.16. The highest BCUT2D eigenvalue weighted by Gasteiger charge is 2.10. The molecule has 0 saturated heterocycles. The van der Waals surface area contributed by atoms with Gasteiger partial charge >= 0.3 is 0 Å².